The van der Waals surface area contributed by atoms with Gasteiger partial charge in [0.2, 0.25) is 11.8 Å². The van der Waals surface area contributed by atoms with Gasteiger partial charge in [0.25, 0.3) is 0 Å². The SMILES string of the molecule is CCc1ccc(N2C(=O)CSC2c2cccc(NC(=O)C3CCCC3)c2)cc1. The number of nitrogens with zero attached hydrogens (tertiary/aromatic N) is 1. The number of carbonyl (C=O) groups excluding carboxylic acids is 2. The zero-order chi connectivity index (χ0) is 19.5. The van der Waals surface area contributed by atoms with Gasteiger partial charge >= 0.3 is 0 Å². The van der Waals surface area contributed by atoms with Gasteiger partial charge < -0.3 is 5.32 Å². The van der Waals surface area contributed by atoms with Gasteiger partial charge in [-0.1, -0.05) is 44.0 Å². The number of thioether (sulfide) groups is 1. The van der Waals surface area contributed by atoms with Crippen LogP contribution in [0.4, 0.5) is 11.4 Å². The molecule has 1 unspecified atom stereocenters. The van der Waals surface area contributed by atoms with Crippen molar-refractivity contribution in [2.75, 3.05) is 16.0 Å². The lowest BCUT2D eigenvalue weighted by Gasteiger charge is -2.25. The van der Waals surface area contributed by atoms with Crippen LogP contribution in [0.2, 0.25) is 0 Å². The standard InChI is InChI=1S/C23H26N2O2S/c1-2-16-10-12-20(13-11-16)25-21(26)15-28-23(25)18-8-5-9-19(14-18)24-22(27)17-6-3-4-7-17/h5,8-14,17,23H,2-4,6-7,15H2,1H3,(H,24,27). The molecule has 2 fully saturated rings. The van der Waals surface area contributed by atoms with Gasteiger partial charge in [-0.2, -0.15) is 0 Å². The van der Waals surface area contributed by atoms with Crippen molar-refractivity contribution in [3.8, 4) is 0 Å². The van der Waals surface area contributed by atoms with Gasteiger partial charge in [-0.3, -0.25) is 14.5 Å². The number of aryl methyl sites for hydroxylation is 1. The first-order valence-electron chi connectivity index (χ1n) is 10.1. The lowest BCUT2D eigenvalue weighted by Crippen LogP contribution is -2.28. The smallest absolute Gasteiger partial charge is 0.238 e. The van der Waals surface area contributed by atoms with Gasteiger partial charge in [0, 0.05) is 17.3 Å². The molecule has 4 nitrogen and oxygen atoms in total. The van der Waals surface area contributed by atoms with Crippen LogP contribution >= 0.6 is 11.8 Å². The number of rotatable bonds is 5. The molecular formula is C23H26N2O2S. The quantitative estimate of drug-likeness (QED) is 0.762. The maximum absolute atomic E-state index is 12.6. The third-order valence-electron chi connectivity index (χ3n) is 5.66. The topological polar surface area (TPSA) is 49.4 Å². The van der Waals surface area contributed by atoms with Crippen molar-refractivity contribution in [3.63, 3.8) is 0 Å². The van der Waals surface area contributed by atoms with E-state index in [0.717, 1.165) is 49.0 Å². The first-order valence-corrected chi connectivity index (χ1v) is 11.1. The van der Waals surface area contributed by atoms with Crippen molar-refractivity contribution in [1.29, 1.82) is 0 Å². The Labute approximate surface area is 170 Å². The minimum Gasteiger partial charge on any atom is -0.326 e. The third kappa shape index (κ3) is 3.95. The third-order valence-corrected chi connectivity index (χ3v) is 6.87. The Balaban J connectivity index is 1.55. The maximum atomic E-state index is 12.6. The van der Waals surface area contributed by atoms with E-state index >= 15 is 0 Å². The summed E-state index contributed by atoms with van der Waals surface area (Å²) in [5.74, 6) is 0.856. The second-order valence-corrected chi connectivity index (χ2v) is 8.61. The van der Waals surface area contributed by atoms with Crippen LogP contribution in [0, 0.1) is 5.92 Å². The van der Waals surface area contributed by atoms with Crippen molar-refractivity contribution in [2.24, 2.45) is 5.92 Å². The van der Waals surface area contributed by atoms with E-state index in [-0.39, 0.29) is 23.1 Å². The summed E-state index contributed by atoms with van der Waals surface area (Å²) in [5.41, 5.74) is 4.05. The van der Waals surface area contributed by atoms with Crippen molar-refractivity contribution < 1.29 is 9.59 Å². The van der Waals surface area contributed by atoms with Crippen LogP contribution in [0.1, 0.15) is 49.1 Å². The lowest BCUT2D eigenvalue weighted by atomic mass is 10.1. The molecule has 0 aromatic heterocycles. The molecule has 0 bridgehead atoms. The molecule has 0 spiro atoms. The van der Waals surface area contributed by atoms with Crippen LogP contribution in [0.25, 0.3) is 0 Å². The van der Waals surface area contributed by atoms with Gasteiger partial charge in [0.05, 0.1) is 5.75 Å². The van der Waals surface area contributed by atoms with E-state index in [4.69, 9.17) is 0 Å². The van der Waals surface area contributed by atoms with Crippen molar-refractivity contribution in [1.82, 2.24) is 0 Å². The van der Waals surface area contributed by atoms with Crippen LogP contribution in [0.5, 0.6) is 0 Å². The highest BCUT2D eigenvalue weighted by Gasteiger charge is 2.34. The van der Waals surface area contributed by atoms with Gasteiger partial charge in [0.1, 0.15) is 5.37 Å². The molecule has 1 saturated carbocycles. The molecular weight excluding hydrogens is 368 g/mol. The molecule has 146 valence electrons. The van der Waals surface area contributed by atoms with E-state index in [9.17, 15) is 9.59 Å². The van der Waals surface area contributed by atoms with E-state index in [2.05, 4.69) is 24.4 Å². The Bertz CT molecular complexity index is 859. The van der Waals surface area contributed by atoms with Crippen LogP contribution in [-0.4, -0.2) is 17.6 Å². The Hall–Kier alpha value is -2.27. The molecule has 2 aromatic carbocycles. The fraction of sp³-hybridized carbons (Fsp3) is 0.391. The second kappa shape index (κ2) is 8.39. The molecule has 2 aromatic rings. The Morgan fingerprint density at radius 3 is 2.61 bits per heavy atom. The van der Waals surface area contributed by atoms with Crippen LogP contribution in [0.3, 0.4) is 0 Å². The van der Waals surface area contributed by atoms with Crippen LogP contribution < -0.4 is 10.2 Å². The highest BCUT2D eigenvalue weighted by Crippen LogP contribution is 2.42. The predicted octanol–water partition coefficient (Wildman–Crippen LogP) is 5.16. The first-order chi connectivity index (χ1) is 13.7. The molecule has 1 aliphatic carbocycles. The molecule has 1 atom stereocenters. The van der Waals surface area contributed by atoms with Gasteiger partial charge in [-0.05, 0) is 54.7 Å². The zero-order valence-electron chi connectivity index (χ0n) is 16.2. The van der Waals surface area contributed by atoms with Crippen molar-refractivity contribution in [2.45, 2.75) is 44.4 Å². The summed E-state index contributed by atoms with van der Waals surface area (Å²) in [4.78, 5) is 26.9. The van der Waals surface area contributed by atoms with E-state index in [1.54, 1.807) is 11.8 Å². The molecule has 2 aliphatic rings. The number of hydrogen-bond acceptors (Lipinski definition) is 3. The highest BCUT2D eigenvalue weighted by molar-refractivity contribution is 8.00. The van der Waals surface area contributed by atoms with Crippen molar-refractivity contribution in [3.05, 3.63) is 59.7 Å². The summed E-state index contributed by atoms with van der Waals surface area (Å²) < 4.78 is 0. The number of hydrogen-bond donors (Lipinski definition) is 1. The molecule has 0 radical (unpaired) electrons. The van der Waals surface area contributed by atoms with Crippen LogP contribution in [-0.2, 0) is 16.0 Å². The average molecular weight is 395 g/mol. The first kappa shape index (κ1) is 19.1. The fourth-order valence-corrected chi connectivity index (χ4v) is 5.21. The molecule has 1 aliphatic heterocycles. The zero-order valence-corrected chi connectivity index (χ0v) is 17.0. The molecule has 1 heterocycles. The summed E-state index contributed by atoms with van der Waals surface area (Å²) >= 11 is 1.63. The monoisotopic (exact) mass is 394 g/mol. The largest absolute Gasteiger partial charge is 0.326 e. The Morgan fingerprint density at radius 1 is 1.14 bits per heavy atom. The normalized spacial score (nSPS) is 20.0. The van der Waals surface area contributed by atoms with Gasteiger partial charge in [-0.25, -0.2) is 0 Å². The maximum Gasteiger partial charge on any atom is 0.238 e. The Kier molecular flexibility index (Phi) is 5.72. The molecule has 28 heavy (non-hydrogen) atoms. The number of nitrogens with one attached hydrogen (secondary N) is 1. The molecule has 1 saturated heterocycles. The summed E-state index contributed by atoms with van der Waals surface area (Å²) in [6, 6.07) is 16.2. The number of amides is 2. The number of benzene rings is 2. The van der Waals surface area contributed by atoms with Gasteiger partial charge in [-0.15, -0.1) is 11.8 Å². The number of anilines is 2. The predicted molar refractivity (Wildman–Crippen MR) is 116 cm³/mol. The minimum absolute atomic E-state index is 0.0664. The van der Waals surface area contributed by atoms with E-state index in [1.165, 1.54) is 5.56 Å². The van der Waals surface area contributed by atoms with E-state index in [1.807, 2.05) is 41.3 Å². The minimum atomic E-state index is -0.0664. The van der Waals surface area contributed by atoms with E-state index < -0.39 is 0 Å². The van der Waals surface area contributed by atoms with E-state index in [0.29, 0.717) is 5.75 Å². The molecule has 2 amide bonds. The Morgan fingerprint density at radius 2 is 1.89 bits per heavy atom. The fourth-order valence-electron chi connectivity index (χ4n) is 4.04. The molecule has 1 N–H and O–H groups in total. The summed E-state index contributed by atoms with van der Waals surface area (Å²) in [6.07, 6.45) is 5.24. The summed E-state index contributed by atoms with van der Waals surface area (Å²) in [6.45, 7) is 2.13. The second-order valence-electron chi connectivity index (χ2n) is 7.54. The average Bonchev–Trinajstić information content (AvgIpc) is 3.38. The lowest BCUT2D eigenvalue weighted by molar-refractivity contribution is -0.119. The highest BCUT2D eigenvalue weighted by atomic mass is 32.2. The summed E-state index contributed by atoms with van der Waals surface area (Å²) in [5, 5.41) is 3.01. The van der Waals surface area contributed by atoms with Crippen LogP contribution in [0.15, 0.2) is 48.5 Å². The molecule has 4 rings (SSSR count). The summed E-state index contributed by atoms with van der Waals surface area (Å²) in [7, 11) is 0. The van der Waals surface area contributed by atoms with Crippen molar-refractivity contribution >= 4 is 35.0 Å². The number of carbonyl (C=O) groups is 2. The molecule has 5 heteroatoms. The van der Waals surface area contributed by atoms with Gasteiger partial charge in [0.15, 0.2) is 0 Å².